The Balaban J connectivity index is 0.00000324. The van der Waals surface area contributed by atoms with Crippen molar-refractivity contribution < 1.29 is 14.3 Å². The standard InChI is InChI=1S/C27H31N3O3.ClH/c1-32-26-11-6-5-10-25(26)30-20-18-29(19-21-30)17-7-16-28-27(31)33-24-14-12-23(13-15-24)22-8-3-2-4-9-22;/h2-6,8-15H,7,16-21H2,1H3,(H,28,31);1H. The van der Waals surface area contributed by atoms with Crippen molar-refractivity contribution in [2.75, 3.05) is 51.3 Å². The lowest BCUT2D eigenvalue weighted by Crippen LogP contribution is -2.47. The zero-order valence-corrected chi connectivity index (χ0v) is 20.3. The van der Waals surface area contributed by atoms with E-state index in [2.05, 4.69) is 33.3 Å². The number of piperazine rings is 1. The zero-order chi connectivity index (χ0) is 22.9. The minimum atomic E-state index is -0.413. The second-order valence-electron chi connectivity index (χ2n) is 8.06. The van der Waals surface area contributed by atoms with Gasteiger partial charge in [-0.3, -0.25) is 4.90 Å². The minimum Gasteiger partial charge on any atom is -0.495 e. The third-order valence-electron chi connectivity index (χ3n) is 5.89. The number of ether oxygens (including phenoxy) is 2. The summed E-state index contributed by atoms with van der Waals surface area (Å²) in [6.45, 7) is 5.47. The number of hydrogen-bond donors (Lipinski definition) is 1. The van der Waals surface area contributed by atoms with E-state index < -0.39 is 6.09 Å². The number of carbonyl (C=O) groups is 1. The number of amides is 1. The number of carbonyl (C=O) groups excluding carboxylic acids is 1. The van der Waals surface area contributed by atoms with Gasteiger partial charge in [0.05, 0.1) is 12.8 Å². The van der Waals surface area contributed by atoms with Crippen LogP contribution in [0.1, 0.15) is 6.42 Å². The van der Waals surface area contributed by atoms with Crippen LogP contribution in [0.15, 0.2) is 78.9 Å². The molecule has 34 heavy (non-hydrogen) atoms. The number of anilines is 1. The molecule has 0 aromatic heterocycles. The predicted molar refractivity (Wildman–Crippen MR) is 139 cm³/mol. The maximum absolute atomic E-state index is 12.1. The number of rotatable bonds is 8. The van der Waals surface area contributed by atoms with Gasteiger partial charge in [0.1, 0.15) is 11.5 Å². The highest BCUT2D eigenvalue weighted by Crippen LogP contribution is 2.28. The maximum atomic E-state index is 12.1. The SMILES string of the molecule is COc1ccccc1N1CCN(CCCNC(=O)Oc2ccc(-c3ccccc3)cc2)CC1.Cl. The largest absolute Gasteiger partial charge is 0.495 e. The smallest absolute Gasteiger partial charge is 0.412 e. The van der Waals surface area contributed by atoms with Crippen LogP contribution < -0.4 is 19.7 Å². The second-order valence-corrected chi connectivity index (χ2v) is 8.06. The molecule has 1 aliphatic rings. The van der Waals surface area contributed by atoms with Crippen LogP contribution in [-0.4, -0.2) is 57.4 Å². The molecule has 3 aromatic rings. The first-order chi connectivity index (χ1) is 16.2. The van der Waals surface area contributed by atoms with Gasteiger partial charge in [-0.05, 0) is 48.4 Å². The Hall–Kier alpha value is -3.22. The van der Waals surface area contributed by atoms with Crippen LogP contribution in [0, 0.1) is 0 Å². The van der Waals surface area contributed by atoms with Gasteiger partial charge in [0.25, 0.3) is 0 Å². The van der Waals surface area contributed by atoms with E-state index in [4.69, 9.17) is 9.47 Å². The molecule has 0 bridgehead atoms. The Labute approximate surface area is 207 Å². The third-order valence-corrected chi connectivity index (χ3v) is 5.89. The Morgan fingerprint density at radius 1 is 0.853 bits per heavy atom. The molecule has 0 saturated carbocycles. The van der Waals surface area contributed by atoms with Crippen LogP contribution in [0.25, 0.3) is 11.1 Å². The van der Waals surface area contributed by atoms with Gasteiger partial charge >= 0.3 is 6.09 Å². The molecule has 0 unspecified atom stereocenters. The first-order valence-electron chi connectivity index (χ1n) is 11.4. The van der Waals surface area contributed by atoms with Crippen molar-refractivity contribution in [1.82, 2.24) is 10.2 Å². The predicted octanol–water partition coefficient (Wildman–Crippen LogP) is 5.08. The fraction of sp³-hybridized carbons (Fsp3) is 0.296. The Morgan fingerprint density at radius 3 is 2.21 bits per heavy atom. The molecule has 3 aromatic carbocycles. The highest BCUT2D eigenvalue weighted by molar-refractivity contribution is 5.85. The molecule has 1 N–H and O–H groups in total. The van der Waals surface area contributed by atoms with Crippen molar-refractivity contribution in [2.45, 2.75) is 6.42 Å². The van der Waals surface area contributed by atoms with Crippen molar-refractivity contribution in [3.8, 4) is 22.6 Å². The lowest BCUT2D eigenvalue weighted by atomic mass is 10.1. The molecule has 1 aliphatic heterocycles. The van der Waals surface area contributed by atoms with Crippen LogP contribution in [-0.2, 0) is 0 Å². The van der Waals surface area contributed by atoms with Crippen LogP contribution in [0.3, 0.4) is 0 Å². The Bertz CT molecular complexity index is 1020. The van der Waals surface area contributed by atoms with Crippen LogP contribution >= 0.6 is 12.4 Å². The van der Waals surface area contributed by atoms with Crippen molar-refractivity contribution in [3.05, 3.63) is 78.9 Å². The van der Waals surface area contributed by atoms with Crippen molar-refractivity contribution in [3.63, 3.8) is 0 Å². The molecule has 1 saturated heterocycles. The number of methoxy groups -OCH3 is 1. The quantitative estimate of drug-likeness (QED) is 0.454. The molecule has 0 radical (unpaired) electrons. The number of nitrogens with one attached hydrogen (secondary N) is 1. The van der Waals surface area contributed by atoms with Gasteiger partial charge in [0.2, 0.25) is 0 Å². The average molecular weight is 482 g/mol. The highest BCUT2D eigenvalue weighted by atomic mass is 35.5. The third kappa shape index (κ3) is 6.89. The van der Waals surface area contributed by atoms with Crippen molar-refractivity contribution >= 4 is 24.2 Å². The van der Waals surface area contributed by atoms with Gasteiger partial charge in [-0.15, -0.1) is 12.4 Å². The minimum absolute atomic E-state index is 0. The Morgan fingerprint density at radius 2 is 1.50 bits per heavy atom. The van der Waals surface area contributed by atoms with Gasteiger partial charge in [0.15, 0.2) is 0 Å². The first-order valence-corrected chi connectivity index (χ1v) is 11.4. The van der Waals surface area contributed by atoms with E-state index in [0.29, 0.717) is 12.3 Å². The van der Waals surface area contributed by atoms with E-state index in [1.165, 1.54) is 0 Å². The van der Waals surface area contributed by atoms with Crippen molar-refractivity contribution in [1.29, 1.82) is 0 Å². The summed E-state index contributed by atoms with van der Waals surface area (Å²) in [5.41, 5.74) is 3.38. The molecule has 1 amide bonds. The van der Waals surface area contributed by atoms with E-state index in [0.717, 1.165) is 61.7 Å². The summed E-state index contributed by atoms with van der Waals surface area (Å²) >= 11 is 0. The average Bonchev–Trinajstić information content (AvgIpc) is 2.88. The summed E-state index contributed by atoms with van der Waals surface area (Å²) in [7, 11) is 1.72. The first kappa shape index (κ1) is 25.4. The molecule has 1 heterocycles. The summed E-state index contributed by atoms with van der Waals surface area (Å²) in [6.07, 6.45) is 0.472. The number of hydrogen-bond acceptors (Lipinski definition) is 5. The van der Waals surface area contributed by atoms with E-state index in [1.807, 2.05) is 60.7 Å². The molecular formula is C27H32ClN3O3. The summed E-state index contributed by atoms with van der Waals surface area (Å²) in [5.74, 6) is 1.46. The van der Waals surface area contributed by atoms with Gasteiger partial charge in [-0.1, -0.05) is 54.6 Å². The molecule has 0 spiro atoms. The monoisotopic (exact) mass is 481 g/mol. The van der Waals surface area contributed by atoms with E-state index in [-0.39, 0.29) is 12.4 Å². The van der Waals surface area contributed by atoms with Crippen LogP contribution in [0.4, 0.5) is 10.5 Å². The normalized spacial score (nSPS) is 13.6. The summed E-state index contributed by atoms with van der Waals surface area (Å²) in [5, 5.41) is 2.85. The number of para-hydroxylation sites is 2. The van der Waals surface area contributed by atoms with E-state index in [9.17, 15) is 4.79 Å². The lowest BCUT2D eigenvalue weighted by molar-refractivity contribution is 0.198. The fourth-order valence-corrected chi connectivity index (χ4v) is 4.09. The number of nitrogens with zero attached hydrogens (tertiary/aromatic N) is 2. The maximum Gasteiger partial charge on any atom is 0.412 e. The van der Waals surface area contributed by atoms with Crippen molar-refractivity contribution in [2.24, 2.45) is 0 Å². The second kappa shape index (κ2) is 12.9. The molecule has 7 heteroatoms. The van der Waals surface area contributed by atoms with E-state index in [1.54, 1.807) is 7.11 Å². The van der Waals surface area contributed by atoms with Gasteiger partial charge in [-0.2, -0.15) is 0 Å². The molecule has 6 nitrogen and oxygen atoms in total. The molecular weight excluding hydrogens is 450 g/mol. The zero-order valence-electron chi connectivity index (χ0n) is 19.5. The lowest BCUT2D eigenvalue weighted by Gasteiger charge is -2.36. The topological polar surface area (TPSA) is 54.0 Å². The van der Waals surface area contributed by atoms with Gasteiger partial charge < -0.3 is 19.7 Å². The summed E-state index contributed by atoms with van der Waals surface area (Å²) in [6, 6.07) is 25.8. The number of benzene rings is 3. The van der Waals surface area contributed by atoms with Crippen LogP contribution in [0.5, 0.6) is 11.5 Å². The van der Waals surface area contributed by atoms with E-state index >= 15 is 0 Å². The fourth-order valence-electron chi connectivity index (χ4n) is 4.09. The molecule has 0 atom stereocenters. The van der Waals surface area contributed by atoms with Gasteiger partial charge in [-0.25, -0.2) is 4.79 Å². The Kier molecular flexibility index (Phi) is 9.62. The molecule has 180 valence electrons. The summed E-state index contributed by atoms with van der Waals surface area (Å²) < 4.78 is 10.9. The molecule has 0 aliphatic carbocycles. The number of halogens is 1. The van der Waals surface area contributed by atoms with Crippen LogP contribution in [0.2, 0.25) is 0 Å². The highest BCUT2D eigenvalue weighted by Gasteiger charge is 2.19. The molecule has 4 rings (SSSR count). The van der Waals surface area contributed by atoms with Gasteiger partial charge in [0, 0.05) is 32.7 Å². The molecule has 1 fully saturated rings. The summed E-state index contributed by atoms with van der Waals surface area (Å²) in [4.78, 5) is 16.9.